The van der Waals surface area contributed by atoms with Crippen molar-refractivity contribution in [3.05, 3.63) is 65.5 Å². The number of benzene rings is 2. The molecule has 1 N–H and O–H groups in total. The third-order valence-corrected chi connectivity index (χ3v) is 4.82. The fourth-order valence-corrected chi connectivity index (χ4v) is 3.39. The van der Waals surface area contributed by atoms with Gasteiger partial charge in [0.05, 0.1) is 22.9 Å². The first-order chi connectivity index (χ1) is 11.5. The van der Waals surface area contributed by atoms with E-state index in [1.54, 1.807) is 24.3 Å². The molecule has 24 heavy (non-hydrogen) atoms. The van der Waals surface area contributed by atoms with Crippen molar-refractivity contribution in [3.8, 4) is 17.5 Å². The maximum atomic E-state index is 13.7. The summed E-state index contributed by atoms with van der Waals surface area (Å²) < 4.78 is 38.7. The second kappa shape index (κ2) is 6.22. The molecule has 1 aromatic heterocycles. The van der Waals surface area contributed by atoms with Crippen molar-refractivity contribution in [3.63, 3.8) is 0 Å². The molecule has 0 bridgehead atoms. The number of aromatic amines is 1. The third kappa shape index (κ3) is 3.02. The smallest absolute Gasteiger partial charge is 0.243 e. The van der Waals surface area contributed by atoms with Gasteiger partial charge in [-0.3, -0.25) is 0 Å². The van der Waals surface area contributed by atoms with Crippen LogP contribution >= 0.6 is 0 Å². The van der Waals surface area contributed by atoms with E-state index < -0.39 is 21.4 Å². The second-order valence-electron chi connectivity index (χ2n) is 4.97. The summed E-state index contributed by atoms with van der Waals surface area (Å²) >= 11 is 0. The van der Waals surface area contributed by atoms with Crippen LogP contribution in [-0.4, -0.2) is 23.6 Å². The SMILES string of the molecule is N#Cc1ccccc1CS(=O)(=O)c1nc(-c2ccccc2F)n[nH]1. The second-order valence-corrected chi connectivity index (χ2v) is 6.88. The number of halogens is 1. The fourth-order valence-electron chi connectivity index (χ4n) is 2.18. The van der Waals surface area contributed by atoms with Gasteiger partial charge in [0.1, 0.15) is 5.82 Å². The Kier molecular flexibility index (Phi) is 4.10. The van der Waals surface area contributed by atoms with Crippen LogP contribution in [0.25, 0.3) is 11.4 Å². The minimum Gasteiger partial charge on any atom is -0.249 e. The van der Waals surface area contributed by atoms with Crippen LogP contribution in [0.3, 0.4) is 0 Å². The first-order valence-electron chi connectivity index (χ1n) is 6.89. The predicted molar refractivity (Wildman–Crippen MR) is 83.8 cm³/mol. The highest BCUT2D eigenvalue weighted by molar-refractivity contribution is 7.90. The lowest BCUT2D eigenvalue weighted by atomic mass is 10.1. The number of hydrogen-bond acceptors (Lipinski definition) is 5. The van der Waals surface area contributed by atoms with Gasteiger partial charge < -0.3 is 0 Å². The maximum Gasteiger partial charge on any atom is 0.243 e. The van der Waals surface area contributed by atoms with Crippen molar-refractivity contribution >= 4 is 9.84 Å². The van der Waals surface area contributed by atoms with E-state index in [0.29, 0.717) is 5.56 Å². The van der Waals surface area contributed by atoms with Gasteiger partial charge in [0.2, 0.25) is 15.0 Å². The molecule has 3 aromatic rings. The Morgan fingerprint density at radius 3 is 2.58 bits per heavy atom. The number of hydrogen-bond donors (Lipinski definition) is 1. The van der Waals surface area contributed by atoms with Crippen LogP contribution in [0.4, 0.5) is 4.39 Å². The summed E-state index contributed by atoms with van der Waals surface area (Å²) in [7, 11) is -3.85. The minimum atomic E-state index is -3.85. The molecule has 0 fully saturated rings. The lowest BCUT2D eigenvalue weighted by Gasteiger charge is -2.03. The molecule has 0 aliphatic rings. The highest BCUT2D eigenvalue weighted by Gasteiger charge is 2.22. The van der Waals surface area contributed by atoms with E-state index in [1.165, 1.54) is 24.3 Å². The fraction of sp³-hybridized carbons (Fsp3) is 0.0625. The van der Waals surface area contributed by atoms with Crippen LogP contribution < -0.4 is 0 Å². The summed E-state index contributed by atoms with van der Waals surface area (Å²) in [5.41, 5.74) is 0.742. The molecule has 0 aliphatic heterocycles. The number of aromatic nitrogens is 3. The number of H-pyrrole nitrogens is 1. The van der Waals surface area contributed by atoms with E-state index in [4.69, 9.17) is 5.26 Å². The summed E-state index contributed by atoms with van der Waals surface area (Å²) in [6, 6.07) is 14.2. The van der Waals surface area contributed by atoms with Crippen molar-refractivity contribution < 1.29 is 12.8 Å². The number of nitriles is 1. The van der Waals surface area contributed by atoms with E-state index in [9.17, 15) is 12.8 Å². The largest absolute Gasteiger partial charge is 0.249 e. The summed E-state index contributed by atoms with van der Waals surface area (Å²) in [6.07, 6.45) is 0. The molecule has 0 atom stereocenters. The first-order valence-corrected chi connectivity index (χ1v) is 8.54. The van der Waals surface area contributed by atoms with Crippen molar-refractivity contribution in [1.82, 2.24) is 15.2 Å². The van der Waals surface area contributed by atoms with Gasteiger partial charge in [-0.05, 0) is 23.8 Å². The molecule has 0 saturated carbocycles. The Balaban J connectivity index is 1.95. The number of sulfone groups is 1. The Morgan fingerprint density at radius 1 is 1.12 bits per heavy atom. The number of nitrogens with one attached hydrogen (secondary N) is 1. The molecule has 6 nitrogen and oxygen atoms in total. The summed E-state index contributed by atoms with van der Waals surface area (Å²) in [4.78, 5) is 3.89. The average molecular weight is 342 g/mol. The van der Waals surface area contributed by atoms with Crippen molar-refractivity contribution in [2.24, 2.45) is 0 Å². The van der Waals surface area contributed by atoms with Gasteiger partial charge in [-0.1, -0.05) is 30.3 Å². The predicted octanol–water partition coefficient (Wildman–Crippen LogP) is 2.46. The van der Waals surface area contributed by atoms with E-state index in [-0.39, 0.29) is 22.1 Å². The molecule has 0 aliphatic carbocycles. The van der Waals surface area contributed by atoms with E-state index in [0.717, 1.165) is 0 Å². The van der Waals surface area contributed by atoms with Crippen molar-refractivity contribution in [1.29, 1.82) is 5.26 Å². The quantitative estimate of drug-likeness (QED) is 0.785. The van der Waals surface area contributed by atoms with Crippen molar-refractivity contribution in [2.75, 3.05) is 0 Å². The summed E-state index contributed by atoms with van der Waals surface area (Å²) in [5, 5.41) is 14.8. The standard InChI is InChI=1S/C16H11FN4O2S/c17-14-8-4-3-7-13(14)15-19-16(21-20-15)24(22,23)10-12-6-2-1-5-11(12)9-18/h1-8H,10H2,(H,19,20,21). The average Bonchev–Trinajstić information content (AvgIpc) is 3.06. The van der Waals surface area contributed by atoms with E-state index in [1.807, 2.05) is 6.07 Å². The topological polar surface area (TPSA) is 99.5 Å². The molecule has 120 valence electrons. The Bertz CT molecular complexity index is 1040. The van der Waals surface area contributed by atoms with Crippen molar-refractivity contribution in [2.45, 2.75) is 10.9 Å². The number of nitrogens with zero attached hydrogens (tertiary/aromatic N) is 3. The van der Waals surface area contributed by atoms with E-state index >= 15 is 0 Å². The van der Waals surface area contributed by atoms with Gasteiger partial charge >= 0.3 is 0 Å². The highest BCUT2D eigenvalue weighted by Crippen LogP contribution is 2.21. The van der Waals surface area contributed by atoms with Gasteiger partial charge in [0.15, 0.2) is 5.82 Å². The molecular weight excluding hydrogens is 331 g/mol. The zero-order valence-electron chi connectivity index (χ0n) is 12.3. The molecule has 0 spiro atoms. The Hall–Kier alpha value is -3.05. The van der Waals surface area contributed by atoms with Gasteiger partial charge in [0, 0.05) is 0 Å². The molecule has 0 saturated heterocycles. The molecule has 2 aromatic carbocycles. The molecule has 0 radical (unpaired) electrons. The van der Waals surface area contributed by atoms with Crippen LogP contribution in [0.15, 0.2) is 53.7 Å². The molecule has 0 amide bonds. The van der Waals surface area contributed by atoms with Crippen LogP contribution in [-0.2, 0) is 15.6 Å². The Morgan fingerprint density at radius 2 is 1.83 bits per heavy atom. The lowest BCUT2D eigenvalue weighted by Crippen LogP contribution is -2.08. The number of rotatable bonds is 4. The van der Waals surface area contributed by atoms with Gasteiger partial charge in [0.25, 0.3) is 0 Å². The summed E-state index contributed by atoms with van der Waals surface area (Å²) in [6.45, 7) is 0. The van der Waals surface area contributed by atoms with E-state index in [2.05, 4.69) is 15.2 Å². The zero-order valence-corrected chi connectivity index (χ0v) is 13.1. The van der Waals surface area contributed by atoms with Crippen LogP contribution in [0, 0.1) is 17.1 Å². The molecule has 3 rings (SSSR count). The maximum absolute atomic E-state index is 13.7. The Labute approximate surface area is 137 Å². The highest BCUT2D eigenvalue weighted by atomic mass is 32.2. The minimum absolute atomic E-state index is 0.0414. The normalized spacial score (nSPS) is 11.2. The molecule has 1 heterocycles. The van der Waals surface area contributed by atoms with Crippen LogP contribution in [0.1, 0.15) is 11.1 Å². The van der Waals surface area contributed by atoms with Gasteiger partial charge in [-0.25, -0.2) is 17.9 Å². The van der Waals surface area contributed by atoms with Gasteiger partial charge in [-0.15, -0.1) is 0 Å². The first kappa shape index (κ1) is 15.8. The molecule has 0 unspecified atom stereocenters. The lowest BCUT2D eigenvalue weighted by molar-refractivity contribution is 0.587. The van der Waals surface area contributed by atoms with Crippen LogP contribution in [0.2, 0.25) is 0 Å². The van der Waals surface area contributed by atoms with Gasteiger partial charge in [-0.2, -0.15) is 15.3 Å². The monoisotopic (exact) mass is 342 g/mol. The van der Waals surface area contributed by atoms with Crippen LogP contribution in [0.5, 0.6) is 0 Å². The molecular formula is C16H11FN4O2S. The summed E-state index contributed by atoms with van der Waals surface area (Å²) in [5.74, 6) is -0.988. The molecule has 8 heteroatoms. The zero-order chi connectivity index (χ0) is 17.2. The third-order valence-electron chi connectivity index (χ3n) is 3.36.